The second-order valence-electron chi connectivity index (χ2n) is 3.91. The summed E-state index contributed by atoms with van der Waals surface area (Å²) in [5.74, 6) is -0.266. The Balaban J connectivity index is 1.78. The van der Waals surface area contributed by atoms with E-state index < -0.39 is 16.8 Å². The predicted octanol–water partition coefficient (Wildman–Crippen LogP) is 1.85. The van der Waals surface area contributed by atoms with Crippen LogP contribution < -0.4 is 10.9 Å². The molecular formula is C13H11N5O4. The molecule has 0 saturated heterocycles. The van der Waals surface area contributed by atoms with E-state index in [0.29, 0.717) is 0 Å². The maximum atomic E-state index is 11.3. The van der Waals surface area contributed by atoms with Gasteiger partial charge < -0.3 is 4.42 Å². The minimum absolute atomic E-state index is 0.139. The zero-order chi connectivity index (χ0) is 15.8. The van der Waals surface area contributed by atoms with Crippen LogP contribution in [0, 0.1) is 10.1 Å². The highest BCUT2D eigenvalue weighted by Gasteiger charge is 2.10. The van der Waals surface area contributed by atoms with Gasteiger partial charge in [0, 0.05) is 0 Å². The Labute approximate surface area is 124 Å². The van der Waals surface area contributed by atoms with Crippen LogP contribution in [0.15, 0.2) is 57.1 Å². The molecule has 0 atom stereocenters. The molecule has 0 radical (unpaired) electrons. The average molecular weight is 301 g/mol. The first-order chi connectivity index (χ1) is 10.6. The van der Waals surface area contributed by atoms with Gasteiger partial charge in [0.1, 0.15) is 4.92 Å². The van der Waals surface area contributed by atoms with Crippen molar-refractivity contribution < 1.29 is 14.1 Å². The lowest BCUT2D eigenvalue weighted by Crippen LogP contribution is -2.28. The van der Waals surface area contributed by atoms with Gasteiger partial charge in [-0.1, -0.05) is 30.3 Å². The molecule has 0 aliphatic heterocycles. The summed E-state index contributed by atoms with van der Waals surface area (Å²) in [5, 5.41) is 17.7. The SMILES string of the molecule is O=C(N/N=C\c1ccccc1)N/N=C\c1ccc([N+](=O)[O-])o1. The minimum Gasteiger partial charge on any atom is -0.400 e. The highest BCUT2D eigenvalue weighted by Crippen LogP contribution is 2.13. The second kappa shape index (κ2) is 7.33. The number of nitrogens with zero attached hydrogens (tertiary/aromatic N) is 3. The minimum atomic E-state index is -0.671. The van der Waals surface area contributed by atoms with Crippen molar-refractivity contribution in [3.05, 3.63) is 63.9 Å². The van der Waals surface area contributed by atoms with Crippen molar-refractivity contribution in [1.29, 1.82) is 0 Å². The van der Waals surface area contributed by atoms with Crippen molar-refractivity contribution in [3.8, 4) is 0 Å². The van der Waals surface area contributed by atoms with E-state index in [9.17, 15) is 14.9 Å². The third-order valence-electron chi connectivity index (χ3n) is 2.33. The molecule has 2 aromatic rings. The summed E-state index contributed by atoms with van der Waals surface area (Å²) >= 11 is 0. The van der Waals surface area contributed by atoms with E-state index >= 15 is 0 Å². The van der Waals surface area contributed by atoms with Crippen LogP contribution in [-0.2, 0) is 0 Å². The van der Waals surface area contributed by atoms with Crippen molar-refractivity contribution in [2.75, 3.05) is 0 Å². The molecule has 1 aromatic heterocycles. The van der Waals surface area contributed by atoms with Crippen LogP contribution in [0.3, 0.4) is 0 Å². The largest absolute Gasteiger partial charge is 0.433 e. The van der Waals surface area contributed by atoms with Crippen LogP contribution in [0.25, 0.3) is 0 Å². The number of carbonyl (C=O) groups excluding carboxylic acids is 1. The molecule has 0 unspecified atom stereocenters. The molecule has 2 rings (SSSR count). The van der Waals surface area contributed by atoms with Gasteiger partial charge in [0.2, 0.25) is 0 Å². The summed E-state index contributed by atoms with van der Waals surface area (Å²) in [7, 11) is 0. The lowest BCUT2D eigenvalue weighted by atomic mass is 10.2. The Hall–Kier alpha value is -3.49. The van der Waals surface area contributed by atoms with Gasteiger partial charge in [-0.2, -0.15) is 10.2 Å². The maximum absolute atomic E-state index is 11.3. The number of hydrogen-bond donors (Lipinski definition) is 2. The molecule has 9 nitrogen and oxygen atoms in total. The van der Waals surface area contributed by atoms with Crippen LogP contribution in [0.5, 0.6) is 0 Å². The van der Waals surface area contributed by atoms with E-state index in [1.165, 1.54) is 18.3 Å². The first-order valence-corrected chi connectivity index (χ1v) is 6.06. The third-order valence-corrected chi connectivity index (χ3v) is 2.33. The first-order valence-electron chi connectivity index (χ1n) is 6.06. The van der Waals surface area contributed by atoms with Crippen molar-refractivity contribution in [2.24, 2.45) is 10.2 Å². The summed E-state index contributed by atoms with van der Waals surface area (Å²) in [4.78, 5) is 21.1. The van der Waals surface area contributed by atoms with Gasteiger partial charge in [-0.05, 0) is 11.6 Å². The van der Waals surface area contributed by atoms with Crippen LogP contribution in [0.4, 0.5) is 10.7 Å². The molecule has 2 N–H and O–H groups in total. The zero-order valence-corrected chi connectivity index (χ0v) is 11.2. The monoisotopic (exact) mass is 301 g/mol. The number of hydrogen-bond acceptors (Lipinski definition) is 6. The summed E-state index contributed by atoms with van der Waals surface area (Å²) in [6.07, 6.45) is 2.60. The number of urea groups is 1. The quantitative estimate of drug-likeness (QED) is 0.497. The highest BCUT2D eigenvalue weighted by molar-refractivity contribution is 5.82. The molecule has 22 heavy (non-hydrogen) atoms. The molecule has 0 bridgehead atoms. The molecule has 0 aliphatic rings. The van der Waals surface area contributed by atoms with Gasteiger partial charge in [-0.25, -0.2) is 15.6 Å². The number of benzene rings is 1. The van der Waals surface area contributed by atoms with Crippen LogP contribution in [-0.4, -0.2) is 23.4 Å². The number of carbonyl (C=O) groups is 1. The highest BCUT2D eigenvalue weighted by atomic mass is 16.6. The topological polar surface area (TPSA) is 122 Å². The van der Waals surface area contributed by atoms with Crippen molar-refractivity contribution in [3.63, 3.8) is 0 Å². The third kappa shape index (κ3) is 4.56. The number of nitro groups is 1. The van der Waals surface area contributed by atoms with Gasteiger partial charge >= 0.3 is 11.9 Å². The number of amides is 2. The van der Waals surface area contributed by atoms with Gasteiger partial charge in [-0.15, -0.1) is 0 Å². The molecule has 1 aromatic carbocycles. The van der Waals surface area contributed by atoms with Gasteiger partial charge in [0.05, 0.1) is 18.5 Å². The second-order valence-corrected chi connectivity index (χ2v) is 3.91. The molecule has 0 fully saturated rings. The number of furan rings is 1. The Morgan fingerprint density at radius 3 is 2.41 bits per heavy atom. The number of nitrogens with one attached hydrogen (secondary N) is 2. The van der Waals surface area contributed by atoms with Gasteiger partial charge in [0.25, 0.3) is 0 Å². The van der Waals surface area contributed by atoms with Crippen LogP contribution >= 0.6 is 0 Å². The molecule has 0 spiro atoms. The molecule has 0 aliphatic carbocycles. The van der Waals surface area contributed by atoms with Crippen LogP contribution in [0.1, 0.15) is 11.3 Å². The van der Waals surface area contributed by atoms with Crippen molar-refractivity contribution in [2.45, 2.75) is 0 Å². The summed E-state index contributed by atoms with van der Waals surface area (Å²) < 4.78 is 4.82. The number of rotatable bonds is 5. The Kier molecular flexibility index (Phi) is 4.97. The van der Waals surface area contributed by atoms with Gasteiger partial charge in [-0.3, -0.25) is 10.1 Å². The van der Waals surface area contributed by atoms with E-state index in [-0.39, 0.29) is 5.76 Å². The molecule has 1 heterocycles. The van der Waals surface area contributed by atoms with E-state index in [0.717, 1.165) is 11.8 Å². The van der Waals surface area contributed by atoms with Gasteiger partial charge in [0.15, 0.2) is 5.76 Å². The molecule has 2 amide bonds. The summed E-state index contributed by atoms with van der Waals surface area (Å²) in [6.45, 7) is 0. The smallest absolute Gasteiger partial charge is 0.400 e. The standard InChI is InChI=1S/C13H11N5O4/c19-13(16-14-8-10-4-2-1-3-5-10)17-15-9-11-6-7-12(22-11)18(20)21/h1-9H,(H2,16,17,19)/b14-8-,15-9-. The normalized spacial score (nSPS) is 10.9. The fourth-order valence-electron chi connectivity index (χ4n) is 1.39. The Morgan fingerprint density at radius 2 is 1.77 bits per heavy atom. The lowest BCUT2D eigenvalue weighted by Gasteiger charge is -1.96. The molecular weight excluding hydrogens is 290 g/mol. The predicted molar refractivity (Wildman–Crippen MR) is 78.7 cm³/mol. The fourth-order valence-corrected chi connectivity index (χ4v) is 1.39. The van der Waals surface area contributed by atoms with Crippen molar-refractivity contribution >= 4 is 24.3 Å². The molecule has 9 heteroatoms. The fraction of sp³-hybridized carbons (Fsp3) is 0. The maximum Gasteiger partial charge on any atom is 0.433 e. The Bertz CT molecular complexity index is 708. The van der Waals surface area contributed by atoms with E-state index in [2.05, 4.69) is 21.1 Å². The molecule has 0 saturated carbocycles. The zero-order valence-electron chi connectivity index (χ0n) is 11.2. The first kappa shape index (κ1) is 14.9. The Morgan fingerprint density at radius 1 is 1.09 bits per heavy atom. The molecule has 112 valence electrons. The summed E-state index contributed by atoms with van der Waals surface area (Å²) in [5.41, 5.74) is 5.17. The van der Waals surface area contributed by atoms with E-state index in [1.54, 1.807) is 0 Å². The van der Waals surface area contributed by atoms with E-state index in [1.807, 2.05) is 30.3 Å². The van der Waals surface area contributed by atoms with E-state index in [4.69, 9.17) is 4.42 Å². The number of hydrazone groups is 2. The lowest BCUT2D eigenvalue weighted by molar-refractivity contribution is -0.402. The average Bonchev–Trinajstić information content (AvgIpc) is 2.97. The van der Waals surface area contributed by atoms with Crippen molar-refractivity contribution in [1.82, 2.24) is 10.9 Å². The summed E-state index contributed by atoms with van der Waals surface area (Å²) in [6, 6.07) is 11.1. The van der Waals surface area contributed by atoms with Crippen LogP contribution in [0.2, 0.25) is 0 Å².